The topological polar surface area (TPSA) is 75.9 Å². The first-order valence-electron chi connectivity index (χ1n) is 10.9. The summed E-state index contributed by atoms with van der Waals surface area (Å²) in [4.78, 5) is 14.8. The Labute approximate surface area is 192 Å². The van der Waals surface area contributed by atoms with Crippen molar-refractivity contribution in [3.05, 3.63) is 113 Å². The summed E-state index contributed by atoms with van der Waals surface area (Å²) in [7, 11) is 0. The number of tetrazole rings is 1. The van der Waals surface area contributed by atoms with Gasteiger partial charge in [0.1, 0.15) is 12.6 Å². The molecule has 1 aliphatic rings. The summed E-state index contributed by atoms with van der Waals surface area (Å²) >= 11 is 0. The fraction of sp³-hybridized carbons (Fsp3) is 0.154. The van der Waals surface area contributed by atoms with Gasteiger partial charge in [0.25, 0.3) is 5.95 Å². The van der Waals surface area contributed by atoms with E-state index in [1.807, 2.05) is 84.6 Å². The summed E-state index contributed by atoms with van der Waals surface area (Å²) in [6.07, 6.45) is 2.11. The molecule has 1 atom stereocenters. The van der Waals surface area contributed by atoms with Gasteiger partial charge < -0.3 is 5.32 Å². The van der Waals surface area contributed by atoms with Crippen molar-refractivity contribution in [3.8, 4) is 0 Å². The third kappa shape index (κ3) is 4.39. The molecule has 0 unspecified atom stereocenters. The Morgan fingerprint density at radius 1 is 0.939 bits per heavy atom. The Morgan fingerprint density at radius 2 is 1.64 bits per heavy atom. The van der Waals surface area contributed by atoms with Gasteiger partial charge in [-0.25, -0.2) is 0 Å². The van der Waals surface area contributed by atoms with Crippen LogP contribution in [0.25, 0.3) is 5.70 Å². The van der Waals surface area contributed by atoms with Gasteiger partial charge in [0.15, 0.2) is 0 Å². The normalized spacial score (nSPS) is 15.0. The number of nitrogens with one attached hydrogen (secondary N) is 1. The zero-order chi connectivity index (χ0) is 22.6. The van der Waals surface area contributed by atoms with Crippen LogP contribution in [0, 0.1) is 6.92 Å². The van der Waals surface area contributed by atoms with Crippen molar-refractivity contribution in [2.45, 2.75) is 19.5 Å². The summed E-state index contributed by atoms with van der Waals surface area (Å²) < 4.78 is 1.76. The Kier molecular flexibility index (Phi) is 5.68. The van der Waals surface area contributed by atoms with Crippen molar-refractivity contribution in [2.75, 3.05) is 11.4 Å². The molecular formula is C26H24N6O. The molecule has 0 saturated heterocycles. The number of anilines is 1. The van der Waals surface area contributed by atoms with Gasteiger partial charge in [-0.3, -0.25) is 9.69 Å². The summed E-state index contributed by atoms with van der Waals surface area (Å²) in [6, 6.07) is 28.1. The van der Waals surface area contributed by atoms with Crippen molar-refractivity contribution >= 4 is 17.6 Å². The largest absolute Gasteiger partial charge is 0.350 e. The second-order valence-electron chi connectivity index (χ2n) is 8.05. The molecule has 0 spiro atoms. The van der Waals surface area contributed by atoms with E-state index < -0.39 is 0 Å². The fourth-order valence-electron chi connectivity index (χ4n) is 3.98. The van der Waals surface area contributed by atoms with Gasteiger partial charge in [-0.1, -0.05) is 95.6 Å². The number of nitrogens with zero attached hydrogens (tertiary/aromatic N) is 5. The van der Waals surface area contributed by atoms with Crippen molar-refractivity contribution in [1.29, 1.82) is 0 Å². The zero-order valence-electron chi connectivity index (χ0n) is 18.3. The first kappa shape index (κ1) is 20.6. The Hall–Kier alpha value is -4.26. The predicted octanol–water partition coefficient (Wildman–Crippen LogP) is 3.75. The molecular weight excluding hydrogens is 412 g/mol. The van der Waals surface area contributed by atoms with Gasteiger partial charge in [0, 0.05) is 6.54 Å². The lowest BCUT2D eigenvalue weighted by Gasteiger charge is -2.32. The van der Waals surface area contributed by atoms with Gasteiger partial charge in [-0.2, -0.15) is 4.68 Å². The minimum atomic E-state index is -0.168. The van der Waals surface area contributed by atoms with Crippen LogP contribution in [-0.2, 0) is 11.3 Å². The van der Waals surface area contributed by atoms with E-state index in [1.54, 1.807) is 4.68 Å². The molecule has 0 saturated carbocycles. The number of amides is 1. The highest BCUT2D eigenvalue weighted by atomic mass is 16.2. The molecule has 2 heterocycles. The zero-order valence-corrected chi connectivity index (χ0v) is 18.3. The van der Waals surface area contributed by atoms with E-state index >= 15 is 0 Å². The van der Waals surface area contributed by atoms with Gasteiger partial charge in [-0.05, 0) is 40.1 Å². The van der Waals surface area contributed by atoms with E-state index in [-0.39, 0.29) is 18.5 Å². The van der Waals surface area contributed by atoms with Crippen LogP contribution in [0.1, 0.15) is 28.3 Å². The fourth-order valence-corrected chi connectivity index (χ4v) is 3.98. The molecule has 1 N–H and O–H groups in total. The monoisotopic (exact) mass is 436 g/mol. The first-order chi connectivity index (χ1) is 16.2. The molecule has 33 heavy (non-hydrogen) atoms. The van der Waals surface area contributed by atoms with Crippen LogP contribution in [0.15, 0.2) is 91.0 Å². The van der Waals surface area contributed by atoms with Crippen LogP contribution >= 0.6 is 0 Å². The van der Waals surface area contributed by atoms with Crippen molar-refractivity contribution in [1.82, 2.24) is 25.5 Å². The van der Waals surface area contributed by atoms with E-state index in [0.29, 0.717) is 12.5 Å². The minimum Gasteiger partial charge on any atom is -0.350 e. The number of fused-ring (bicyclic) bond motifs is 1. The maximum Gasteiger partial charge on any atom is 0.251 e. The lowest BCUT2D eigenvalue weighted by Crippen LogP contribution is -2.39. The standard InChI is InChI=1S/C26H24N6O/c1-19-12-14-20(15-13-19)17-27-25(33)18-31-23(21-8-4-2-5-9-21)16-24(22-10-6-3-7-11-22)32-26(31)28-29-30-32/h2-16,24H,17-18H2,1H3,(H,27,33)/t24-/m1/s1. The van der Waals surface area contributed by atoms with E-state index in [4.69, 9.17) is 0 Å². The number of carbonyl (C=O) groups is 1. The molecule has 5 rings (SSSR count). The number of aryl methyl sites for hydroxylation is 1. The highest BCUT2D eigenvalue weighted by Gasteiger charge is 2.31. The SMILES string of the molecule is Cc1ccc(CNC(=O)CN2C(c3ccccc3)=C[C@H](c3ccccc3)n3nnnc32)cc1. The maximum absolute atomic E-state index is 13.0. The van der Waals surface area contributed by atoms with Gasteiger partial charge in [0.2, 0.25) is 5.91 Å². The Bertz CT molecular complexity index is 1270. The lowest BCUT2D eigenvalue weighted by molar-refractivity contribution is -0.119. The third-order valence-corrected chi connectivity index (χ3v) is 5.71. The maximum atomic E-state index is 13.0. The minimum absolute atomic E-state index is 0.106. The van der Waals surface area contributed by atoms with Gasteiger partial charge in [-0.15, -0.1) is 0 Å². The van der Waals surface area contributed by atoms with Crippen LogP contribution in [0.5, 0.6) is 0 Å². The number of carbonyl (C=O) groups excluding carboxylic acids is 1. The highest BCUT2D eigenvalue weighted by molar-refractivity contribution is 5.89. The first-order valence-corrected chi connectivity index (χ1v) is 10.9. The molecule has 0 radical (unpaired) electrons. The third-order valence-electron chi connectivity index (χ3n) is 5.71. The lowest BCUT2D eigenvalue weighted by atomic mass is 10.0. The number of benzene rings is 3. The smallest absolute Gasteiger partial charge is 0.251 e. The van der Waals surface area contributed by atoms with E-state index in [1.165, 1.54) is 5.56 Å². The number of aromatic nitrogens is 4. The average molecular weight is 437 g/mol. The summed E-state index contributed by atoms with van der Waals surface area (Å²) in [5.74, 6) is 0.431. The molecule has 0 fully saturated rings. The highest BCUT2D eigenvalue weighted by Crippen LogP contribution is 2.35. The number of rotatable bonds is 6. The molecule has 3 aromatic carbocycles. The average Bonchev–Trinajstić information content (AvgIpc) is 3.35. The summed E-state index contributed by atoms with van der Waals surface area (Å²) in [6.45, 7) is 2.62. The second kappa shape index (κ2) is 9.08. The van der Waals surface area contributed by atoms with Crippen LogP contribution in [-0.4, -0.2) is 32.7 Å². The molecule has 0 aliphatic carbocycles. The van der Waals surface area contributed by atoms with Crippen LogP contribution < -0.4 is 10.2 Å². The number of hydrogen-bond donors (Lipinski definition) is 1. The van der Waals surface area contributed by atoms with Crippen LogP contribution in [0.2, 0.25) is 0 Å². The Morgan fingerprint density at radius 3 is 2.36 bits per heavy atom. The molecule has 1 aromatic heterocycles. The van der Waals surface area contributed by atoms with E-state index in [9.17, 15) is 4.79 Å². The number of allylic oxidation sites excluding steroid dienone is 1. The molecule has 4 aromatic rings. The summed E-state index contributed by atoms with van der Waals surface area (Å²) in [5, 5.41) is 15.5. The van der Waals surface area contributed by atoms with Crippen molar-refractivity contribution in [2.24, 2.45) is 0 Å². The van der Waals surface area contributed by atoms with Gasteiger partial charge >= 0.3 is 0 Å². The quantitative estimate of drug-likeness (QED) is 0.498. The molecule has 0 bridgehead atoms. The van der Waals surface area contributed by atoms with Crippen LogP contribution in [0.3, 0.4) is 0 Å². The van der Waals surface area contributed by atoms with E-state index in [2.05, 4.69) is 39.1 Å². The molecule has 7 heteroatoms. The molecule has 1 aliphatic heterocycles. The van der Waals surface area contributed by atoms with E-state index in [0.717, 1.165) is 22.4 Å². The number of hydrogen-bond acceptors (Lipinski definition) is 5. The summed E-state index contributed by atoms with van der Waals surface area (Å²) in [5.41, 5.74) is 5.22. The molecule has 164 valence electrons. The van der Waals surface area contributed by atoms with Gasteiger partial charge in [0.05, 0.1) is 5.70 Å². The van der Waals surface area contributed by atoms with Crippen LogP contribution in [0.4, 0.5) is 5.95 Å². The second-order valence-corrected chi connectivity index (χ2v) is 8.05. The molecule has 7 nitrogen and oxygen atoms in total. The van der Waals surface area contributed by atoms with Crippen molar-refractivity contribution < 1.29 is 4.79 Å². The predicted molar refractivity (Wildman–Crippen MR) is 127 cm³/mol. The molecule has 1 amide bonds. The van der Waals surface area contributed by atoms with Crippen molar-refractivity contribution in [3.63, 3.8) is 0 Å². The Balaban J connectivity index is 1.45.